The first-order valence-electron chi connectivity index (χ1n) is 3.76. The van der Waals surface area contributed by atoms with Crippen LogP contribution in [-0.4, -0.2) is 29.7 Å². The third kappa shape index (κ3) is 2.47. The van der Waals surface area contributed by atoms with Gasteiger partial charge in [0.1, 0.15) is 10.6 Å². The third-order valence-corrected chi connectivity index (χ3v) is 2.86. The van der Waals surface area contributed by atoms with Crippen molar-refractivity contribution in [3.05, 3.63) is 23.8 Å². The second kappa shape index (κ2) is 4.18. The highest BCUT2D eigenvalue weighted by Crippen LogP contribution is 2.26. The van der Waals surface area contributed by atoms with E-state index in [4.69, 9.17) is 16.2 Å². The number of hydrogen-bond donors (Lipinski definition) is 2. The van der Waals surface area contributed by atoms with Crippen molar-refractivity contribution >= 4 is 27.5 Å². The molecule has 0 fully saturated rings. The standard InChI is InChI=1S/C8H7ClO5S/c9-4-7(11)5-2-1-3-6(10)8(5)15(12,13)14/h1-3,10H,4H2,(H,12,13,14). The highest BCUT2D eigenvalue weighted by atomic mass is 35.5. The smallest absolute Gasteiger partial charge is 0.298 e. The predicted molar refractivity (Wildman–Crippen MR) is 53.0 cm³/mol. The number of Topliss-reactive ketones (excluding diaryl/α,β-unsaturated/α-hetero) is 1. The van der Waals surface area contributed by atoms with E-state index in [0.29, 0.717) is 0 Å². The first kappa shape index (κ1) is 12.0. The second-order valence-corrected chi connectivity index (χ2v) is 4.31. The first-order valence-corrected chi connectivity index (χ1v) is 5.74. The fraction of sp³-hybridized carbons (Fsp3) is 0.125. The average molecular weight is 251 g/mol. The maximum Gasteiger partial charge on any atom is 0.298 e. The fourth-order valence-corrected chi connectivity index (χ4v) is 2.02. The van der Waals surface area contributed by atoms with E-state index in [0.717, 1.165) is 12.1 Å². The van der Waals surface area contributed by atoms with Gasteiger partial charge in [-0.3, -0.25) is 9.35 Å². The quantitative estimate of drug-likeness (QED) is 0.475. The molecule has 5 nitrogen and oxygen atoms in total. The summed E-state index contributed by atoms with van der Waals surface area (Å²) in [5, 5.41) is 9.24. The largest absolute Gasteiger partial charge is 0.506 e. The monoisotopic (exact) mass is 250 g/mol. The van der Waals surface area contributed by atoms with Crippen molar-refractivity contribution in [2.75, 3.05) is 5.88 Å². The van der Waals surface area contributed by atoms with Gasteiger partial charge in [-0.05, 0) is 12.1 Å². The van der Waals surface area contributed by atoms with Gasteiger partial charge in [0.15, 0.2) is 5.78 Å². The van der Waals surface area contributed by atoms with Gasteiger partial charge < -0.3 is 5.11 Å². The maximum atomic E-state index is 11.2. The summed E-state index contributed by atoms with van der Waals surface area (Å²) in [6.45, 7) is 0. The molecule has 0 saturated carbocycles. The highest BCUT2D eigenvalue weighted by molar-refractivity contribution is 7.86. The third-order valence-electron chi connectivity index (χ3n) is 1.67. The Hall–Kier alpha value is -1.11. The van der Waals surface area contributed by atoms with Crippen LogP contribution < -0.4 is 0 Å². The normalized spacial score (nSPS) is 11.3. The number of aromatic hydroxyl groups is 1. The van der Waals surface area contributed by atoms with E-state index < -0.39 is 32.4 Å². The minimum absolute atomic E-state index is 0.326. The summed E-state index contributed by atoms with van der Waals surface area (Å²) < 4.78 is 30.6. The molecule has 82 valence electrons. The summed E-state index contributed by atoms with van der Waals surface area (Å²) >= 11 is 5.25. The van der Waals surface area contributed by atoms with Crippen LogP contribution in [0.1, 0.15) is 10.4 Å². The zero-order chi connectivity index (χ0) is 11.6. The van der Waals surface area contributed by atoms with Gasteiger partial charge in [0, 0.05) is 5.56 Å². The van der Waals surface area contributed by atoms with Crippen molar-refractivity contribution in [3.8, 4) is 5.75 Å². The van der Waals surface area contributed by atoms with Crippen LogP contribution in [0.4, 0.5) is 0 Å². The molecule has 2 N–H and O–H groups in total. The molecule has 7 heteroatoms. The first-order chi connectivity index (χ1) is 6.88. The van der Waals surface area contributed by atoms with Gasteiger partial charge in [-0.25, -0.2) is 0 Å². The van der Waals surface area contributed by atoms with E-state index in [1.807, 2.05) is 0 Å². The van der Waals surface area contributed by atoms with Crippen molar-refractivity contribution < 1.29 is 22.9 Å². The number of benzene rings is 1. The van der Waals surface area contributed by atoms with Crippen molar-refractivity contribution in [1.82, 2.24) is 0 Å². The molecule has 0 aromatic heterocycles. The summed E-state index contributed by atoms with van der Waals surface area (Å²) in [5.74, 6) is -1.82. The van der Waals surface area contributed by atoms with Crippen LogP contribution in [0.25, 0.3) is 0 Å². The minimum Gasteiger partial charge on any atom is -0.506 e. The predicted octanol–water partition coefficient (Wildman–Crippen LogP) is 1.06. The SMILES string of the molecule is O=C(CCl)c1cccc(O)c1S(=O)(=O)O. The molecular weight excluding hydrogens is 244 g/mol. The summed E-state index contributed by atoms with van der Waals surface area (Å²) in [5.41, 5.74) is -0.326. The molecule has 15 heavy (non-hydrogen) atoms. The Kier molecular flexibility index (Phi) is 3.33. The van der Waals surface area contributed by atoms with Crippen LogP contribution in [-0.2, 0) is 10.1 Å². The number of phenolic OH excluding ortho intramolecular Hbond substituents is 1. The van der Waals surface area contributed by atoms with E-state index in [1.165, 1.54) is 6.07 Å². The number of ketones is 1. The highest BCUT2D eigenvalue weighted by Gasteiger charge is 2.23. The summed E-state index contributed by atoms with van der Waals surface area (Å²) in [6, 6.07) is 3.49. The number of phenols is 1. The van der Waals surface area contributed by atoms with E-state index in [-0.39, 0.29) is 5.56 Å². The molecule has 0 unspecified atom stereocenters. The van der Waals surface area contributed by atoms with Crippen LogP contribution in [0.2, 0.25) is 0 Å². The molecule has 1 aromatic rings. The number of hydrogen-bond acceptors (Lipinski definition) is 4. The average Bonchev–Trinajstić information content (AvgIpc) is 2.14. The minimum atomic E-state index is -4.65. The topological polar surface area (TPSA) is 91.7 Å². The van der Waals surface area contributed by atoms with E-state index in [9.17, 15) is 18.3 Å². The maximum absolute atomic E-state index is 11.2. The molecule has 0 saturated heterocycles. The van der Waals surface area contributed by atoms with Crippen molar-refractivity contribution in [1.29, 1.82) is 0 Å². The summed E-state index contributed by atoms with van der Waals surface area (Å²) in [6.07, 6.45) is 0. The molecule has 0 spiro atoms. The number of carbonyl (C=O) groups excluding carboxylic acids is 1. The van der Waals surface area contributed by atoms with Crippen LogP contribution >= 0.6 is 11.6 Å². The zero-order valence-electron chi connectivity index (χ0n) is 7.34. The Morgan fingerprint density at radius 2 is 2.00 bits per heavy atom. The fourth-order valence-electron chi connectivity index (χ4n) is 1.09. The number of rotatable bonds is 3. The van der Waals surface area contributed by atoms with Gasteiger partial charge in [-0.1, -0.05) is 6.07 Å². The Morgan fingerprint density at radius 3 is 2.47 bits per heavy atom. The number of carbonyl (C=O) groups is 1. The molecule has 1 aromatic carbocycles. The van der Waals surface area contributed by atoms with Gasteiger partial charge in [0.2, 0.25) is 0 Å². The zero-order valence-corrected chi connectivity index (χ0v) is 8.92. The molecule has 0 bridgehead atoms. The molecule has 0 radical (unpaired) electrons. The lowest BCUT2D eigenvalue weighted by atomic mass is 10.1. The molecule has 0 atom stereocenters. The summed E-state index contributed by atoms with van der Waals surface area (Å²) in [7, 11) is -4.65. The molecule has 0 heterocycles. The van der Waals surface area contributed by atoms with Crippen molar-refractivity contribution in [2.45, 2.75) is 4.90 Å². The molecule has 0 amide bonds. The number of halogens is 1. The Balaban J connectivity index is 3.54. The molecular formula is C8H7ClO5S. The van der Waals surface area contributed by atoms with Gasteiger partial charge in [0.05, 0.1) is 5.88 Å². The van der Waals surface area contributed by atoms with Crippen LogP contribution in [0.5, 0.6) is 5.75 Å². The lowest BCUT2D eigenvalue weighted by Gasteiger charge is -2.05. The summed E-state index contributed by atoms with van der Waals surface area (Å²) in [4.78, 5) is 10.4. The Bertz CT molecular complexity index is 494. The van der Waals surface area contributed by atoms with Crippen LogP contribution in [0, 0.1) is 0 Å². The van der Waals surface area contributed by atoms with Gasteiger partial charge >= 0.3 is 0 Å². The van der Waals surface area contributed by atoms with Crippen molar-refractivity contribution in [3.63, 3.8) is 0 Å². The van der Waals surface area contributed by atoms with E-state index >= 15 is 0 Å². The second-order valence-electron chi connectivity index (χ2n) is 2.69. The molecule has 0 aliphatic carbocycles. The van der Waals surface area contributed by atoms with Gasteiger partial charge in [-0.15, -0.1) is 11.6 Å². The van der Waals surface area contributed by atoms with E-state index in [1.54, 1.807) is 0 Å². The van der Waals surface area contributed by atoms with E-state index in [2.05, 4.69) is 0 Å². The molecule has 0 aliphatic heterocycles. The molecule has 1 rings (SSSR count). The Labute approximate surface area is 91.0 Å². The van der Waals surface area contributed by atoms with Gasteiger partial charge in [-0.2, -0.15) is 8.42 Å². The lowest BCUT2D eigenvalue weighted by Crippen LogP contribution is -2.09. The van der Waals surface area contributed by atoms with Crippen molar-refractivity contribution in [2.24, 2.45) is 0 Å². The number of alkyl halides is 1. The molecule has 0 aliphatic rings. The van der Waals surface area contributed by atoms with Gasteiger partial charge in [0.25, 0.3) is 10.1 Å². The van der Waals surface area contributed by atoms with Crippen LogP contribution in [0.15, 0.2) is 23.1 Å². The lowest BCUT2D eigenvalue weighted by molar-refractivity contribution is 0.101. The van der Waals surface area contributed by atoms with Crippen LogP contribution in [0.3, 0.4) is 0 Å². The Morgan fingerprint density at radius 1 is 1.40 bits per heavy atom.